The maximum Gasteiger partial charge on any atom is 0.355 e. The molecule has 0 amide bonds. The molecule has 0 aliphatic rings. The molecule has 0 N–H and O–H groups in total. The summed E-state index contributed by atoms with van der Waals surface area (Å²) in [6, 6.07) is 5.19. The van der Waals surface area contributed by atoms with E-state index >= 15 is 0 Å². The number of carbonyl (C=O) groups is 3. The number of pyridine rings is 1. The molecule has 1 aromatic carbocycles. The van der Waals surface area contributed by atoms with Gasteiger partial charge in [-0.3, -0.25) is 19.2 Å². The third-order valence-electron chi connectivity index (χ3n) is 5.06. The van der Waals surface area contributed by atoms with Crippen LogP contribution in [0.4, 0.5) is 0 Å². The Hall–Kier alpha value is -4.57. The SMILES string of the molecule is CCOC(=O)CC#CCCOc1cc2c(=O)cc(C(=O)OCC)n(CCC#CCC(=O)OCC)c2ccc1=O. The first-order chi connectivity index (χ1) is 18.8. The van der Waals surface area contributed by atoms with Crippen molar-refractivity contribution in [3.63, 3.8) is 0 Å². The van der Waals surface area contributed by atoms with Gasteiger partial charge in [0, 0.05) is 30.8 Å². The van der Waals surface area contributed by atoms with Gasteiger partial charge in [0.15, 0.2) is 11.2 Å². The lowest BCUT2D eigenvalue weighted by atomic mass is 10.2. The van der Waals surface area contributed by atoms with Gasteiger partial charge in [-0.15, -0.1) is 5.92 Å². The van der Waals surface area contributed by atoms with Crippen LogP contribution in [0.2, 0.25) is 0 Å². The third-order valence-corrected chi connectivity index (χ3v) is 5.06. The Labute approximate surface area is 226 Å². The number of hydrogen-bond donors (Lipinski definition) is 0. The smallest absolute Gasteiger partial charge is 0.355 e. The van der Waals surface area contributed by atoms with Crippen LogP contribution in [0.1, 0.15) is 56.9 Å². The van der Waals surface area contributed by atoms with E-state index in [1.54, 1.807) is 25.3 Å². The zero-order chi connectivity index (χ0) is 28.6. The fourth-order valence-electron chi connectivity index (χ4n) is 3.42. The first kappa shape index (κ1) is 30.7. The molecule has 39 heavy (non-hydrogen) atoms. The Morgan fingerprint density at radius 2 is 1.38 bits per heavy atom. The molecule has 1 heterocycles. The summed E-state index contributed by atoms with van der Waals surface area (Å²) < 4.78 is 21.9. The first-order valence-corrected chi connectivity index (χ1v) is 12.6. The van der Waals surface area contributed by atoms with Gasteiger partial charge >= 0.3 is 17.9 Å². The lowest BCUT2D eigenvalue weighted by Crippen LogP contribution is -2.20. The van der Waals surface area contributed by atoms with Gasteiger partial charge in [-0.2, -0.15) is 0 Å². The van der Waals surface area contributed by atoms with Crippen molar-refractivity contribution in [2.45, 2.75) is 53.0 Å². The van der Waals surface area contributed by atoms with Gasteiger partial charge in [0.05, 0.1) is 31.9 Å². The highest BCUT2D eigenvalue weighted by atomic mass is 16.5. The fourth-order valence-corrected chi connectivity index (χ4v) is 3.42. The minimum absolute atomic E-state index is 0.0135. The average molecular weight is 538 g/mol. The second kappa shape index (κ2) is 16.3. The number of aromatic nitrogens is 1. The van der Waals surface area contributed by atoms with Crippen molar-refractivity contribution in [1.82, 2.24) is 4.57 Å². The normalized spacial score (nSPS) is 9.92. The van der Waals surface area contributed by atoms with Crippen LogP contribution >= 0.6 is 0 Å². The van der Waals surface area contributed by atoms with Crippen LogP contribution in [0.5, 0.6) is 5.75 Å². The number of rotatable bonds is 11. The molecule has 0 atom stereocenters. The van der Waals surface area contributed by atoms with Crippen molar-refractivity contribution >= 4 is 28.8 Å². The Bertz CT molecular complexity index is 1430. The highest BCUT2D eigenvalue weighted by Crippen LogP contribution is 2.17. The molecule has 0 saturated carbocycles. The van der Waals surface area contributed by atoms with E-state index in [0.717, 1.165) is 6.07 Å². The Balaban J connectivity index is 2.35. The molecular formula is C29H31NO9. The van der Waals surface area contributed by atoms with Crippen LogP contribution < -0.4 is 15.6 Å². The molecule has 10 heteroatoms. The maximum atomic E-state index is 13.0. The number of ether oxygens (including phenoxy) is 4. The average Bonchev–Trinajstić information content (AvgIpc) is 3.06. The van der Waals surface area contributed by atoms with Gasteiger partial charge in [-0.25, -0.2) is 4.79 Å². The second-order valence-corrected chi connectivity index (χ2v) is 7.79. The van der Waals surface area contributed by atoms with Crippen LogP contribution in [-0.4, -0.2) is 48.9 Å². The van der Waals surface area contributed by atoms with Crippen LogP contribution in [-0.2, 0) is 30.3 Å². The standard InChI is InChI=1S/C29H31NO9/c1-4-36-27(33)13-9-7-11-17-30-22-15-16-24(31)26(39-18-12-8-10-14-28(34)37-5-2)19-21(22)25(32)20-23(30)29(35)38-6-3/h15-16,19-20H,4-6,11-14,17-18H2,1-3H3. The molecule has 0 spiro atoms. The van der Waals surface area contributed by atoms with Crippen molar-refractivity contribution < 1.29 is 33.3 Å². The van der Waals surface area contributed by atoms with Crippen molar-refractivity contribution in [3.05, 3.63) is 50.4 Å². The number of carbonyl (C=O) groups excluding carboxylic acids is 3. The second-order valence-electron chi connectivity index (χ2n) is 7.79. The lowest BCUT2D eigenvalue weighted by Gasteiger charge is -2.14. The number of nitrogens with zero attached hydrogens (tertiary/aromatic N) is 1. The quantitative estimate of drug-likeness (QED) is 0.184. The molecule has 0 fully saturated rings. The summed E-state index contributed by atoms with van der Waals surface area (Å²) in [6.45, 7) is 5.96. The number of aryl methyl sites for hydroxylation is 1. The van der Waals surface area contributed by atoms with Gasteiger partial charge in [-0.05, 0) is 39.0 Å². The Kier molecular flexibility index (Phi) is 12.8. The van der Waals surface area contributed by atoms with E-state index in [0.29, 0.717) is 5.52 Å². The molecule has 0 saturated heterocycles. The monoisotopic (exact) mass is 537 g/mol. The summed E-state index contributed by atoms with van der Waals surface area (Å²) in [6.07, 6.45) is 0.393. The Morgan fingerprint density at radius 1 is 0.769 bits per heavy atom. The number of fused-ring (bicyclic) bond motifs is 1. The predicted molar refractivity (Wildman–Crippen MR) is 143 cm³/mol. The summed E-state index contributed by atoms with van der Waals surface area (Å²) >= 11 is 0. The van der Waals surface area contributed by atoms with Crippen molar-refractivity contribution in [2.24, 2.45) is 0 Å². The minimum Gasteiger partial charge on any atom is -0.488 e. The summed E-state index contributed by atoms with van der Waals surface area (Å²) in [7, 11) is 0. The molecule has 2 rings (SSSR count). The van der Waals surface area contributed by atoms with E-state index in [1.165, 1.54) is 18.2 Å². The maximum absolute atomic E-state index is 13.0. The summed E-state index contributed by atoms with van der Waals surface area (Å²) in [4.78, 5) is 61.1. The van der Waals surface area contributed by atoms with Gasteiger partial charge in [0.25, 0.3) is 0 Å². The number of hydrogen-bond acceptors (Lipinski definition) is 9. The molecule has 1 aromatic heterocycles. The molecule has 206 valence electrons. The molecule has 0 unspecified atom stereocenters. The molecular weight excluding hydrogens is 506 g/mol. The summed E-state index contributed by atoms with van der Waals surface area (Å²) in [5, 5.41) is 0.160. The molecule has 2 aromatic rings. The fraction of sp³-hybridized carbons (Fsp3) is 0.414. The van der Waals surface area contributed by atoms with E-state index in [4.69, 9.17) is 18.9 Å². The molecule has 0 radical (unpaired) electrons. The molecule has 0 aliphatic heterocycles. The van der Waals surface area contributed by atoms with Gasteiger partial charge in [-0.1, -0.05) is 17.8 Å². The summed E-state index contributed by atoms with van der Waals surface area (Å²) in [5.74, 6) is 9.43. The minimum atomic E-state index is -0.692. The van der Waals surface area contributed by atoms with Crippen molar-refractivity contribution in [2.75, 3.05) is 26.4 Å². The first-order valence-electron chi connectivity index (χ1n) is 12.6. The van der Waals surface area contributed by atoms with Crippen LogP contribution in [0, 0.1) is 23.7 Å². The van der Waals surface area contributed by atoms with Crippen molar-refractivity contribution in [3.8, 4) is 29.4 Å². The largest absolute Gasteiger partial charge is 0.488 e. The van der Waals surface area contributed by atoms with Crippen LogP contribution in [0.25, 0.3) is 10.9 Å². The molecule has 0 aliphatic carbocycles. The zero-order valence-electron chi connectivity index (χ0n) is 22.3. The van der Waals surface area contributed by atoms with E-state index in [2.05, 4.69) is 23.7 Å². The van der Waals surface area contributed by atoms with Crippen LogP contribution in [0.3, 0.4) is 0 Å². The zero-order valence-corrected chi connectivity index (χ0v) is 22.3. The van der Waals surface area contributed by atoms with E-state index in [1.807, 2.05) is 0 Å². The van der Waals surface area contributed by atoms with Gasteiger partial charge in [0.2, 0.25) is 5.43 Å². The lowest BCUT2D eigenvalue weighted by molar-refractivity contribution is -0.142. The number of esters is 3. The van der Waals surface area contributed by atoms with Crippen molar-refractivity contribution in [1.29, 1.82) is 0 Å². The Morgan fingerprint density at radius 3 is 2.00 bits per heavy atom. The highest BCUT2D eigenvalue weighted by Gasteiger charge is 2.17. The third kappa shape index (κ3) is 9.67. The van der Waals surface area contributed by atoms with E-state index in [9.17, 15) is 24.0 Å². The van der Waals surface area contributed by atoms with E-state index < -0.39 is 28.8 Å². The van der Waals surface area contributed by atoms with Gasteiger partial charge in [0.1, 0.15) is 18.5 Å². The molecule has 0 bridgehead atoms. The topological polar surface area (TPSA) is 127 Å². The summed E-state index contributed by atoms with van der Waals surface area (Å²) in [5.41, 5.74) is -0.630. The van der Waals surface area contributed by atoms with E-state index in [-0.39, 0.29) is 75.5 Å². The predicted octanol–water partition coefficient (Wildman–Crippen LogP) is 2.61. The highest BCUT2D eigenvalue weighted by molar-refractivity contribution is 5.92. The van der Waals surface area contributed by atoms with Crippen LogP contribution in [0.15, 0.2) is 33.9 Å². The molecule has 10 nitrogen and oxygen atoms in total. The van der Waals surface area contributed by atoms with Gasteiger partial charge < -0.3 is 23.5 Å².